The predicted octanol–water partition coefficient (Wildman–Crippen LogP) is 24.0. The molecule has 0 saturated carbocycles. The number of aliphatic hydroxyl groups excluding tert-OH is 1. The summed E-state index contributed by atoms with van der Waals surface area (Å²) in [6, 6.07) is 46.1. The number of aryl methyl sites for hydroxylation is 1. The fourth-order valence-electron chi connectivity index (χ4n) is 13.1. The van der Waals surface area contributed by atoms with E-state index in [0.29, 0.717) is 12.8 Å². The molecule has 10 heteroatoms. The first-order valence-corrected chi connectivity index (χ1v) is 33.5. The van der Waals surface area contributed by atoms with Crippen LogP contribution in [0.15, 0.2) is 147 Å². The zero-order valence-corrected chi connectivity index (χ0v) is 59.4. The van der Waals surface area contributed by atoms with E-state index < -0.39 is 24.3 Å². The topological polar surface area (TPSA) is 63.1 Å². The number of ketones is 1. The zero-order valence-electron chi connectivity index (χ0n) is 55.4. The summed E-state index contributed by atoms with van der Waals surface area (Å²) in [4.78, 5) is 27.0. The summed E-state index contributed by atoms with van der Waals surface area (Å²) >= 11 is 3.86. The first-order valence-electron chi connectivity index (χ1n) is 31.8. The molecular weight excluding hydrogens is 1330 g/mol. The minimum absolute atomic E-state index is 0. The molecule has 4 heterocycles. The van der Waals surface area contributed by atoms with Crippen LogP contribution in [0, 0.1) is 52.6 Å². The summed E-state index contributed by atoms with van der Waals surface area (Å²) < 4.78 is 36.8. The van der Waals surface area contributed by atoms with Gasteiger partial charge >= 0.3 is 6.18 Å². The molecule has 0 amide bonds. The molecule has 4 nitrogen and oxygen atoms in total. The molecule has 90 heavy (non-hydrogen) atoms. The monoisotopic (exact) mass is 1420 g/mol. The van der Waals surface area contributed by atoms with Crippen molar-refractivity contribution in [1.82, 2.24) is 9.97 Å². The molecule has 0 saturated heterocycles. The summed E-state index contributed by atoms with van der Waals surface area (Å²) in [6.07, 6.45) is 5.07. The van der Waals surface area contributed by atoms with E-state index in [1.807, 2.05) is 49.8 Å². The van der Waals surface area contributed by atoms with Crippen molar-refractivity contribution in [2.45, 2.75) is 188 Å². The second kappa shape index (κ2) is 26.5. The van der Waals surface area contributed by atoms with Gasteiger partial charge in [0.05, 0.1) is 12.2 Å². The third-order valence-electron chi connectivity index (χ3n) is 17.0. The molecule has 12 rings (SSSR count). The van der Waals surface area contributed by atoms with Crippen molar-refractivity contribution < 1.29 is 43.2 Å². The van der Waals surface area contributed by atoms with E-state index >= 15 is 0 Å². The van der Waals surface area contributed by atoms with Crippen LogP contribution >= 0.6 is 23.5 Å². The van der Waals surface area contributed by atoms with E-state index in [4.69, 9.17) is 9.97 Å². The molecular formula is C80H87F3IrN2O2S2-2. The van der Waals surface area contributed by atoms with Gasteiger partial charge in [-0.3, -0.25) is 14.8 Å². The van der Waals surface area contributed by atoms with Crippen molar-refractivity contribution >= 4 is 93.9 Å². The molecule has 0 spiro atoms. The molecule has 0 fully saturated rings. The van der Waals surface area contributed by atoms with Gasteiger partial charge in [0.25, 0.3) is 0 Å². The number of aromatic nitrogens is 2. The fraction of sp³-hybridized carbons (Fsp3) is 0.388. The van der Waals surface area contributed by atoms with Gasteiger partial charge in [-0.25, -0.2) is 0 Å². The first kappa shape index (κ1) is 68.3. The molecule has 8 aromatic carbocycles. The molecule has 0 bridgehead atoms. The Morgan fingerprint density at radius 2 is 0.956 bits per heavy atom. The van der Waals surface area contributed by atoms with Gasteiger partial charge in [-0.15, -0.1) is 58.6 Å². The van der Waals surface area contributed by atoms with Crippen molar-refractivity contribution in [1.29, 1.82) is 0 Å². The van der Waals surface area contributed by atoms with Crippen molar-refractivity contribution in [2.75, 3.05) is 0 Å². The molecule has 473 valence electrons. The largest absolute Gasteiger partial charge is 0.512 e. The van der Waals surface area contributed by atoms with Crippen LogP contribution in [0.25, 0.3) is 87.1 Å². The second-order valence-electron chi connectivity index (χ2n) is 29.7. The number of aliphatic hydroxyl groups is 1. The second-order valence-corrected chi connectivity index (χ2v) is 31.8. The Bertz CT molecular complexity index is 4400. The number of hydrogen-bond acceptors (Lipinski definition) is 6. The van der Waals surface area contributed by atoms with Gasteiger partial charge in [0, 0.05) is 71.6 Å². The summed E-state index contributed by atoms with van der Waals surface area (Å²) in [6.45, 7) is 35.3. The number of carbonyl (C=O) groups excluding carboxylic acids is 1. The standard InChI is InChI=1S/C34H34NS.C33H32NS.C13H21F3O2.Ir/c1-20-11-12-23-22(15-20)16-27-31-30-25(13-14-35-31)24-10-8-9-21(18-33(2,3)4)26(24)17-29(30)36-32(27)28(23)19-34(5,6)7;1-32(2,3)18-21-11-9-13-23-24-14-15-34-30-26-16-20-10-7-8-12-22(20)27(19-33(4,5)6)31(26)35-28(29(24)30)17-25(21)23;1-4-9(5-2)11(17)7-12(18)10(6-3)8-13(14,15)16;/h8-15,17H,18-19H2,1-7H3;7-15,17H,18-19H2,1-6H3;7,9-10,18H,4-6,8H2,1-3H3;/q2*-1;;/b;;12-7-;. The number of nitrogens with zero attached hydrogens (tertiary/aromatic N) is 2. The molecule has 1 N–H and O–H groups in total. The van der Waals surface area contributed by atoms with E-state index in [2.05, 4.69) is 205 Å². The Hall–Kier alpha value is -6.03. The van der Waals surface area contributed by atoms with Gasteiger partial charge in [0.2, 0.25) is 0 Å². The van der Waals surface area contributed by atoms with Crippen molar-refractivity contribution in [2.24, 2.45) is 33.5 Å². The normalized spacial score (nSPS) is 13.7. The molecule has 1 unspecified atom stereocenters. The van der Waals surface area contributed by atoms with Crippen LogP contribution < -0.4 is 0 Å². The molecule has 1 atom stereocenters. The van der Waals surface area contributed by atoms with Gasteiger partial charge in [0.1, 0.15) is 0 Å². The summed E-state index contributed by atoms with van der Waals surface area (Å²) in [5, 5.41) is 25.2. The maximum Gasteiger partial charge on any atom is 0.389 e. The number of hydrogen-bond donors (Lipinski definition) is 1. The summed E-state index contributed by atoms with van der Waals surface area (Å²) in [5.41, 5.74) is 12.3. The number of benzene rings is 8. The average molecular weight is 1420 g/mol. The van der Waals surface area contributed by atoms with Gasteiger partial charge < -0.3 is 5.11 Å². The third-order valence-corrected chi connectivity index (χ3v) is 19.4. The number of rotatable bonds is 11. The van der Waals surface area contributed by atoms with Gasteiger partial charge in [-0.05, 0) is 162 Å². The molecule has 0 aliphatic carbocycles. The number of alkyl halides is 3. The Morgan fingerprint density at radius 3 is 1.40 bits per heavy atom. The Labute approximate surface area is 554 Å². The quantitative estimate of drug-likeness (QED) is 0.0603. The minimum atomic E-state index is -4.33. The van der Waals surface area contributed by atoms with E-state index in [1.54, 1.807) is 6.92 Å². The molecule has 10 aromatic rings. The van der Waals surface area contributed by atoms with E-state index in [-0.39, 0.29) is 59.9 Å². The number of halogens is 3. The summed E-state index contributed by atoms with van der Waals surface area (Å²) in [7, 11) is 0. The van der Waals surface area contributed by atoms with Gasteiger partial charge in [-0.1, -0.05) is 209 Å². The number of allylic oxidation sites excluding steroid dienone is 2. The zero-order chi connectivity index (χ0) is 64.3. The maximum absolute atomic E-state index is 12.3. The average Bonchev–Trinajstić information content (AvgIpc) is 0.730. The third kappa shape index (κ3) is 15.0. The van der Waals surface area contributed by atoms with Crippen LogP contribution in [0.5, 0.6) is 0 Å². The van der Waals surface area contributed by atoms with Crippen LogP contribution in [-0.2, 0) is 50.6 Å². The van der Waals surface area contributed by atoms with Crippen LogP contribution in [0.3, 0.4) is 0 Å². The Balaban J connectivity index is 0.000000169. The maximum atomic E-state index is 12.3. The number of fused-ring (bicyclic) bond motifs is 10. The smallest absolute Gasteiger partial charge is 0.389 e. The van der Waals surface area contributed by atoms with Crippen LogP contribution in [-0.4, -0.2) is 27.0 Å². The molecule has 2 aliphatic rings. The van der Waals surface area contributed by atoms with Gasteiger partial charge in [0.15, 0.2) is 5.78 Å². The van der Waals surface area contributed by atoms with Crippen LogP contribution in [0.1, 0.15) is 157 Å². The Morgan fingerprint density at radius 1 is 0.522 bits per heavy atom. The Kier molecular flexibility index (Phi) is 20.1. The van der Waals surface area contributed by atoms with E-state index in [1.165, 1.54) is 118 Å². The predicted molar refractivity (Wildman–Crippen MR) is 372 cm³/mol. The summed E-state index contributed by atoms with van der Waals surface area (Å²) in [5.74, 6) is -2.00. The first-order chi connectivity index (χ1) is 41.8. The minimum Gasteiger partial charge on any atom is -0.512 e. The van der Waals surface area contributed by atoms with Crippen molar-refractivity contribution in [3.8, 4) is 22.5 Å². The number of pyridine rings is 2. The van der Waals surface area contributed by atoms with Crippen LogP contribution in [0.4, 0.5) is 13.2 Å². The molecule has 1 radical (unpaired) electrons. The fourth-order valence-corrected chi connectivity index (χ4v) is 15.6. The molecule has 2 aromatic heterocycles. The SMILES string of the molecule is CC(C)(C)Cc1c2c([c-]c3ccccc13)-c1nccc3c1c(cc1c(CC(C)(C)C)cccc13)S2.CCC(CC)C(=O)/C=C(\O)C(CC)CC(F)(F)F.Cc1ccc2c(CC(C)(C)C)c3c([c-]c2c1)-c1nccc2c1c(cc1c(CC(C)(C)C)cccc12)S3.[Ir]. The van der Waals surface area contributed by atoms with Gasteiger partial charge in [-0.2, -0.15) is 13.2 Å². The van der Waals surface area contributed by atoms with Crippen molar-refractivity contribution in [3.05, 3.63) is 167 Å². The van der Waals surface area contributed by atoms with E-state index in [0.717, 1.165) is 48.7 Å². The van der Waals surface area contributed by atoms with E-state index in [9.17, 15) is 23.1 Å². The van der Waals surface area contributed by atoms with Crippen molar-refractivity contribution in [3.63, 3.8) is 0 Å². The molecule has 2 aliphatic heterocycles. The van der Waals surface area contributed by atoms with Crippen LogP contribution in [0.2, 0.25) is 0 Å². The number of carbonyl (C=O) groups is 1.